The van der Waals surface area contributed by atoms with Crippen LogP contribution in [0.4, 0.5) is 11.4 Å². The molecular weight excluding hydrogens is 404 g/mol. The molecule has 0 fully saturated rings. The molecule has 0 radical (unpaired) electrons. The second-order valence-electron chi connectivity index (χ2n) is 6.33. The van der Waals surface area contributed by atoms with E-state index in [2.05, 4.69) is 4.72 Å². The number of amides is 1. The van der Waals surface area contributed by atoms with Crippen LogP contribution in [0.25, 0.3) is 0 Å². The molecule has 1 aliphatic rings. The first-order valence-electron chi connectivity index (χ1n) is 8.64. The molecule has 2 aromatic rings. The van der Waals surface area contributed by atoms with Crippen LogP contribution >= 0.6 is 11.6 Å². The van der Waals surface area contributed by atoms with Crippen LogP contribution in [0, 0.1) is 0 Å². The van der Waals surface area contributed by atoms with Crippen molar-refractivity contribution in [3.8, 4) is 5.75 Å². The number of sulfonamides is 1. The van der Waals surface area contributed by atoms with E-state index in [1.165, 1.54) is 26.4 Å². The minimum absolute atomic E-state index is 0.0326. The predicted octanol–water partition coefficient (Wildman–Crippen LogP) is 3.08. The van der Waals surface area contributed by atoms with Gasteiger partial charge in [0.05, 0.1) is 12.8 Å². The molecule has 1 heterocycles. The lowest BCUT2D eigenvalue weighted by molar-refractivity contribution is -0.122. The Labute approximate surface area is 169 Å². The molecule has 0 saturated carbocycles. The van der Waals surface area contributed by atoms with Crippen molar-refractivity contribution in [3.05, 3.63) is 47.0 Å². The molecule has 150 valence electrons. The zero-order valence-corrected chi connectivity index (χ0v) is 17.1. The van der Waals surface area contributed by atoms with Crippen molar-refractivity contribution in [2.75, 3.05) is 37.0 Å². The molecule has 2 aromatic carbocycles. The smallest absolute Gasteiger partial charge is 0.265 e. The van der Waals surface area contributed by atoms with Gasteiger partial charge in [-0.3, -0.25) is 9.52 Å². The highest BCUT2D eigenvalue weighted by molar-refractivity contribution is 7.92. The number of hydrogen-bond donors (Lipinski definition) is 1. The fourth-order valence-electron chi connectivity index (χ4n) is 3.17. The summed E-state index contributed by atoms with van der Waals surface area (Å²) in [4.78, 5) is 13.9. The number of nitrogens with one attached hydrogen (secondary N) is 1. The summed E-state index contributed by atoms with van der Waals surface area (Å²) in [5.74, 6) is 0.0201. The molecule has 0 atom stereocenters. The number of aryl methyl sites for hydroxylation is 1. The number of nitrogens with zero attached hydrogens (tertiary/aromatic N) is 1. The van der Waals surface area contributed by atoms with Gasteiger partial charge in [0.25, 0.3) is 15.9 Å². The molecule has 0 saturated heterocycles. The van der Waals surface area contributed by atoms with Crippen molar-refractivity contribution < 1.29 is 22.7 Å². The first-order chi connectivity index (χ1) is 13.4. The topological polar surface area (TPSA) is 84.9 Å². The summed E-state index contributed by atoms with van der Waals surface area (Å²) in [5, 5.41) is 0.281. The fourth-order valence-corrected chi connectivity index (χ4v) is 4.65. The summed E-state index contributed by atoms with van der Waals surface area (Å²) in [6.45, 7) is 0.530. The van der Waals surface area contributed by atoms with E-state index in [4.69, 9.17) is 21.1 Å². The monoisotopic (exact) mass is 424 g/mol. The van der Waals surface area contributed by atoms with Crippen molar-refractivity contribution in [2.24, 2.45) is 0 Å². The van der Waals surface area contributed by atoms with Gasteiger partial charge in [0.1, 0.15) is 17.3 Å². The van der Waals surface area contributed by atoms with Crippen LogP contribution in [-0.4, -0.2) is 41.7 Å². The Morgan fingerprint density at radius 2 is 2.00 bits per heavy atom. The quantitative estimate of drug-likeness (QED) is 0.770. The Hall–Kier alpha value is -2.29. The molecule has 7 nitrogen and oxygen atoms in total. The van der Waals surface area contributed by atoms with Crippen molar-refractivity contribution in [3.63, 3.8) is 0 Å². The van der Waals surface area contributed by atoms with Crippen molar-refractivity contribution >= 4 is 38.9 Å². The summed E-state index contributed by atoms with van der Waals surface area (Å²) >= 11 is 5.96. The number of ether oxygens (including phenoxy) is 2. The lowest BCUT2D eigenvalue weighted by atomic mass is 10.0. The highest BCUT2D eigenvalue weighted by Crippen LogP contribution is 2.33. The maximum atomic E-state index is 12.9. The molecule has 3 rings (SSSR count). The van der Waals surface area contributed by atoms with Crippen LogP contribution in [0.3, 0.4) is 0 Å². The van der Waals surface area contributed by atoms with E-state index in [1.807, 2.05) is 6.07 Å². The third kappa shape index (κ3) is 4.24. The molecule has 1 aliphatic heterocycles. The second kappa shape index (κ2) is 8.38. The lowest BCUT2D eigenvalue weighted by Gasteiger charge is -2.30. The SMILES string of the molecule is COCC(=O)N1CCCc2ccc(NS(=O)(=O)c3cc(Cl)ccc3OC)cc21. The molecule has 0 unspecified atom stereocenters. The third-order valence-corrected chi connectivity index (χ3v) is 6.08. The van der Waals surface area contributed by atoms with Crippen LogP contribution in [0.1, 0.15) is 12.0 Å². The number of methoxy groups -OCH3 is 2. The van der Waals surface area contributed by atoms with Gasteiger partial charge in [0.2, 0.25) is 0 Å². The Morgan fingerprint density at radius 3 is 2.71 bits per heavy atom. The van der Waals surface area contributed by atoms with Crippen molar-refractivity contribution in [1.82, 2.24) is 0 Å². The van der Waals surface area contributed by atoms with Gasteiger partial charge in [0.15, 0.2) is 0 Å². The Morgan fingerprint density at radius 1 is 1.21 bits per heavy atom. The average Bonchev–Trinajstić information content (AvgIpc) is 2.67. The van der Waals surface area contributed by atoms with Gasteiger partial charge in [-0.05, 0) is 48.7 Å². The highest BCUT2D eigenvalue weighted by Gasteiger charge is 2.25. The molecule has 9 heteroatoms. The molecule has 0 aliphatic carbocycles. The molecule has 1 amide bonds. The van der Waals surface area contributed by atoms with Gasteiger partial charge < -0.3 is 14.4 Å². The number of fused-ring (bicyclic) bond motifs is 1. The second-order valence-corrected chi connectivity index (χ2v) is 8.41. The zero-order valence-electron chi connectivity index (χ0n) is 15.6. The first-order valence-corrected chi connectivity index (χ1v) is 10.5. The van der Waals surface area contributed by atoms with Crippen LogP contribution in [0.2, 0.25) is 5.02 Å². The van der Waals surface area contributed by atoms with Gasteiger partial charge in [-0.2, -0.15) is 0 Å². The molecule has 0 spiro atoms. The zero-order chi connectivity index (χ0) is 20.3. The largest absolute Gasteiger partial charge is 0.495 e. The van der Waals surface area contributed by atoms with E-state index in [9.17, 15) is 13.2 Å². The van der Waals surface area contributed by atoms with E-state index >= 15 is 0 Å². The van der Waals surface area contributed by atoms with E-state index in [0.717, 1.165) is 18.4 Å². The molecule has 0 bridgehead atoms. The predicted molar refractivity (Wildman–Crippen MR) is 108 cm³/mol. The number of hydrogen-bond acceptors (Lipinski definition) is 5. The Balaban J connectivity index is 1.94. The summed E-state index contributed by atoms with van der Waals surface area (Å²) in [6, 6.07) is 9.55. The fraction of sp³-hybridized carbons (Fsp3) is 0.316. The number of carbonyl (C=O) groups excluding carboxylic acids is 1. The van der Waals surface area contributed by atoms with Crippen LogP contribution < -0.4 is 14.4 Å². The van der Waals surface area contributed by atoms with Gasteiger partial charge in [0, 0.05) is 24.4 Å². The van der Waals surface area contributed by atoms with E-state index in [-0.39, 0.29) is 28.2 Å². The number of carbonyl (C=O) groups is 1. The Kier molecular flexibility index (Phi) is 6.12. The highest BCUT2D eigenvalue weighted by atomic mass is 35.5. The average molecular weight is 425 g/mol. The van der Waals surface area contributed by atoms with E-state index in [0.29, 0.717) is 17.9 Å². The first kappa shape index (κ1) is 20.4. The van der Waals surface area contributed by atoms with Crippen LogP contribution in [-0.2, 0) is 26.0 Å². The third-order valence-electron chi connectivity index (χ3n) is 4.44. The van der Waals surface area contributed by atoms with Gasteiger partial charge in [-0.25, -0.2) is 8.42 Å². The molecule has 28 heavy (non-hydrogen) atoms. The summed E-state index contributed by atoms with van der Waals surface area (Å²) < 4.78 is 38.4. The number of halogens is 1. The molecular formula is C19H21ClN2O5S. The minimum Gasteiger partial charge on any atom is -0.495 e. The van der Waals surface area contributed by atoms with Gasteiger partial charge >= 0.3 is 0 Å². The molecule has 0 aromatic heterocycles. The number of rotatable bonds is 6. The molecule has 1 N–H and O–H groups in total. The maximum Gasteiger partial charge on any atom is 0.265 e. The summed E-state index contributed by atoms with van der Waals surface area (Å²) in [5.41, 5.74) is 2.02. The van der Waals surface area contributed by atoms with Gasteiger partial charge in [-0.1, -0.05) is 17.7 Å². The minimum atomic E-state index is -3.94. The van der Waals surface area contributed by atoms with Gasteiger partial charge in [-0.15, -0.1) is 0 Å². The lowest BCUT2D eigenvalue weighted by Crippen LogP contribution is -2.37. The standard InChI is InChI=1S/C19H21ClN2O5S/c1-26-12-19(23)22-9-3-4-13-5-7-15(11-16(13)22)21-28(24,25)18-10-14(20)6-8-17(18)27-2/h5-8,10-11,21H,3-4,9,12H2,1-2H3. The Bertz CT molecular complexity index is 994. The summed E-state index contributed by atoms with van der Waals surface area (Å²) in [6.07, 6.45) is 1.66. The summed E-state index contributed by atoms with van der Waals surface area (Å²) in [7, 11) is -1.09. The van der Waals surface area contributed by atoms with E-state index in [1.54, 1.807) is 23.1 Å². The number of anilines is 2. The normalized spacial score (nSPS) is 13.8. The van der Waals surface area contributed by atoms with E-state index < -0.39 is 10.0 Å². The van der Waals surface area contributed by atoms with Crippen LogP contribution in [0.5, 0.6) is 5.75 Å². The van der Waals surface area contributed by atoms with Crippen molar-refractivity contribution in [1.29, 1.82) is 0 Å². The number of benzene rings is 2. The van der Waals surface area contributed by atoms with Crippen molar-refractivity contribution in [2.45, 2.75) is 17.7 Å². The maximum absolute atomic E-state index is 12.9. The van der Waals surface area contributed by atoms with Crippen LogP contribution in [0.15, 0.2) is 41.3 Å².